The minimum absolute atomic E-state index is 0.223. The average molecular weight is 182 g/mol. The van der Waals surface area contributed by atoms with Gasteiger partial charge in [-0.05, 0) is 32.1 Å². The first-order chi connectivity index (χ1) is 6.18. The molecule has 0 radical (unpaired) electrons. The van der Waals surface area contributed by atoms with Crippen molar-refractivity contribution in [1.82, 2.24) is 4.90 Å². The van der Waals surface area contributed by atoms with Crippen LogP contribution in [0.4, 0.5) is 0 Å². The molecule has 3 heteroatoms. The Kier molecular flexibility index (Phi) is 2.28. The Bertz CT molecular complexity index is 213. The number of hydrogen-bond donors (Lipinski definition) is 1. The van der Waals surface area contributed by atoms with Crippen molar-refractivity contribution in [1.29, 1.82) is 0 Å². The molecular formula is C10H18N2O. The third-order valence-corrected chi connectivity index (χ3v) is 3.26. The Labute approximate surface area is 79.3 Å². The van der Waals surface area contributed by atoms with Crippen molar-refractivity contribution in [2.75, 3.05) is 7.05 Å². The Hall–Kier alpha value is -0.570. The zero-order chi connectivity index (χ0) is 9.42. The molecular weight excluding hydrogens is 164 g/mol. The van der Waals surface area contributed by atoms with Crippen molar-refractivity contribution >= 4 is 5.91 Å². The molecule has 0 aromatic carbocycles. The van der Waals surface area contributed by atoms with Gasteiger partial charge in [0.15, 0.2) is 0 Å². The maximum atomic E-state index is 11.8. The maximum absolute atomic E-state index is 11.8. The molecule has 2 N–H and O–H groups in total. The normalized spacial score (nSPS) is 33.4. The molecule has 74 valence electrons. The summed E-state index contributed by atoms with van der Waals surface area (Å²) in [6.07, 6.45) is 5.31. The second-order valence-electron chi connectivity index (χ2n) is 4.45. The summed E-state index contributed by atoms with van der Waals surface area (Å²) in [5, 5.41) is 0. The van der Waals surface area contributed by atoms with E-state index in [0.717, 1.165) is 19.3 Å². The van der Waals surface area contributed by atoms with Gasteiger partial charge < -0.3 is 10.6 Å². The van der Waals surface area contributed by atoms with Gasteiger partial charge in [-0.2, -0.15) is 0 Å². The fraction of sp³-hybridized carbons (Fsp3) is 0.900. The summed E-state index contributed by atoms with van der Waals surface area (Å²) < 4.78 is 0. The van der Waals surface area contributed by atoms with Crippen LogP contribution in [0.15, 0.2) is 0 Å². The van der Waals surface area contributed by atoms with Crippen LogP contribution < -0.4 is 5.73 Å². The minimum atomic E-state index is 0.223. The summed E-state index contributed by atoms with van der Waals surface area (Å²) in [5.41, 5.74) is 5.78. The Balaban J connectivity index is 1.88. The lowest BCUT2D eigenvalue weighted by Gasteiger charge is -2.20. The van der Waals surface area contributed by atoms with Gasteiger partial charge in [-0.1, -0.05) is 0 Å². The number of rotatable bonds is 2. The predicted molar refractivity (Wildman–Crippen MR) is 51.1 cm³/mol. The van der Waals surface area contributed by atoms with Gasteiger partial charge in [0.1, 0.15) is 0 Å². The van der Waals surface area contributed by atoms with E-state index in [1.165, 1.54) is 12.8 Å². The van der Waals surface area contributed by atoms with Crippen molar-refractivity contribution < 1.29 is 4.79 Å². The van der Waals surface area contributed by atoms with Gasteiger partial charge >= 0.3 is 0 Å². The topological polar surface area (TPSA) is 46.3 Å². The van der Waals surface area contributed by atoms with Crippen molar-refractivity contribution in [2.45, 2.75) is 44.2 Å². The first-order valence-corrected chi connectivity index (χ1v) is 5.20. The van der Waals surface area contributed by atoms with Gasteiger partial charge in [0.2, 0.25) is 5.91 Å². The summed E-state index contributed by atoms with van der Waals surface area (Å²) in [7, 11) is 1.93. The van der Waals surface area contributed by atoms with Crippen molar-refractivity contribution in [3.05, 3.63) is 0 Å². The van der Waals surface area contributed by atoms with Crippen molar-refractivity contribution in [3.8, 4) is 0 Å². The van der Waals surface area contributed by atoms with Crippen LogP contribution in [-0.2, 0) is 4.79 Å². The molecule has 0 bridgehead atoms. The van der Waals surface area contributed by atoms with Crippen molar-refractivity contribution in [2.24, 2.45) is 11.7 Å². The fourth-order valence-electron chi connectivity index (χ4n) is 2.17. The van der Waals surface area contributed by atoms with E-state index in [2.05, 4.69) is 0 Å². The summed E-state index contributed by atoms with van der Waals surface area (Å²) in [4.78, 5) is 13.8. The predicted octanol–water partition coefficient (Wildman–Crippen LogP) is 0.735. The van der Waals surface area contributed by atoms with Crippen LogP contribution in [0.2, 0.25) is 0 Å². The van der Waals surface area contributed by atoms with Crippen LogP contribution in [0.1, 0.15) is 32.1 Å². The highest BCUT2D eigenvalue weighted by atomic mass is 16.2. The lowest BCUT2D eigenvalue weighted by atomic mass is 10.1. The zero-order valence-corrected chi connectivity index (χ0v) is 8.20. The molecule has 0 aromatic heterocycles. The molecule has 2 aliphatic carbocycles. The first kappa shape index (κ1) is 9.00. The molecule has 2 rings (SSSR count). The van der Waals surface area contributed by atoms with Crippen LogP contribution in [0.25, 0.3) is 0 Å². The van der Waals surface area contributed by atoms with Gasteiger partial charge in [-0.25, -0.2) is 0 Å². The van der Waals surface area contributed by atoms with Crippen LogP contribution in [-0.4, -0.2) is 29.9 Å². The summed E-state index contributed by atoms with van der Waals surface area (Å²) in [5.74, 6) is 0.552. The Morgan fingerprint density at radius 2 is 2.00 bits per heavy atom. The molecule has 1 amide bonds. The quantitative estimate of drug-likeness (QED) is 0.684. The van der Waals surface area contributed by atoms with E-state index >= 15 is 0 Å². The smallest absolute Gasteiger partial charge is 0.225 e. The van der Waals surface area contributed by atoms with Gasteiger partial charge in [0.05, 0.1) is 0 Å². The fourth-order valence-corrected chi connectivity index (χ4v) is 2.17. The van der Waals surface area contributed by atoms with Gasteiger partial charge in [-0.3, -0.25) is 4.79 Å². The molecule has 13 heavy (non-hydrogen) atoms. The van der Waals surface area contributed by atoms with Gasteiger partial charge in [0, 0.05) is 25.0 Å². The molecule has 2 aliphatic rings. The number of hydrogen-bond acceptors (Lipinski definition) is 2. The molecule has 0 spiro atoms. The third-order valence-electron chi connectivity index (χ3n) is 3.26. The summed E-state index contributed by atoms with van der Waals surface area (Å²) >= 11 is 0. The number of nitrogens with two attached hydrogens (primary N) is 1. The highest BCUT2D eigenvalue weighted by molar-refractivity contribution is 5.79. The second kappa shape index (κ2) is 3.29. The van der Waals surface area contributed by atoms with Crippen LogP contribution in [0.3, 0.4) is 0 Å². The molecule has 2 atom stereocenters. The average Bonchev–Trinajstić information content (AvgIpc) is 2.87. The molecule has 2 saturated carbocycles. The zero-order valence-electron chi connectivity index (χ0n) is 8.20. The van der Waals surface area contributed by atoms with E-state index in [1.807, 2.05) is 11.9 Å². The highest BCUT2D eigenvalue weighted by Gasteiger charge is 2.35. The van der Waals surface area contributed by atoms with Crippen LogP contribution in [0.5, 0.6) is 0 Å². The maximum Gasteiger partial charge on any atom is 0.225 e. The van der Waals surface area contributed by atoms with Crippen molar-refractivity contribution in [3.63, 3.8) is 0 Å². The lowest BCUT2D eigenvalue weighted by molar-refractivity contribution is -0.134. The number of amides is 1. The standard InChI is InChI=1S/C10H18N2O/c1-12(9-4-5-9)10(13)7-2-3-8(11)6-7/h7-9H,2-6,11H2,1H3. The highest BCUT2D eigenvalue weighted by Crippen LogP contribution is 2.31. The lowest BCUT2D eigenvalue weighted by Crippen LogP contribution is -2.34. The molecule has 3 nitrogen and oxygen atoms in total. The van der Waals surface area contributed by atoms with Gasteiger partial charge in [0.25, 0.3) is 0 Å². The SMILES string of the molecule is CN(C(=O)C1CCC(N)C1)C1CC1. The second-order valence-corrected chi connectivity index (χ2v) is 4.45. The molecule has 0 aliphatic heterocycles. The van der Waals surface area contributed by atoms with E-state index in [9.17, 15) is 4.79 Å². The summed E-state index contributed by atoms with van der Waals surface area (Å²) in [6, 6.07) is 0.811. The number of carbonyl (C=O) groups is 1. The Morgan fingerprint density at radius 1 is 1.31 bits per heavy atom. The van der Waals surface area contributed by atoms with E-state index in [0.29, 0.717) is 11.9 Å². The first-order valence-electron chi connectivity index (χ1n) is 5.20. The number of nitrogens with zero attached hydrogens (tertiary/aromatic N) is 1. The van der Waals surface area contributed by atoms with E-state index in [1.54, 1.807) is 0 Å². The molecule has 2 fully saturated rings. The van der Waals surface area contributed by atoms with E-state index in [4.69, 9.17) is 5.73 Å². The monoisotopic (exact) mass is 182 g/mol. The largest absolute Gasteiger partial charge is 0.343 e. The summed E-state index contributed by atoms with van der Waals surface area (Å²) in [6.45, 7) is 0. The Morgan fingerprint density at radius 3 is 2.46 bits per heavy atom. The minimum Gasteiger partial charge on any atom is -0.343 e. The van der Waals surface area contributed by atoms with Crippen LogP contribution >= 0.6 is 0 Å². The molecule has 0 saturated heterocycles. The molecule has 0 aromatic rings. The third kappa shape index (κ3) is 1.85. The van der Waals surface area contributed by atoms with E-state index in [-0.39, 0.29) is 12.0 Å². The van der Waals surface area contributed by atoms with Crippen LogP contribution in [0, 0.1) is 5.92 Å². The van der Waals surface area contributed by atoms with Gasteiger partial charge in [-0.15, -0.1) is 0 Å². The molecule has 2 unspecified atom stereocenters. The molecule has 0 heterocycles. The van der Waals surface area contributed by atoms with E-state index < -0.39 is 0 Å². The number of carbonyl (C=O) groups excluding carboxylic acids is 1.